The van der Waals surface area contributed by atoms with Crippen molar-refractivity contribution in [2.24, 2.45) is 0 Å². The molecule has 0 saturated heterocycles. The van der Waals surface area contributed by atoms with E-state index in [-0.39, 0.29) is 11.9 Å². The molecule has 1 aromatic carbocycles. The number of anilines is 1. The number of ether oxygens (including phenoxy) is 1. The van der Waals surface area contributed by atoms with Gasteiger partial charge >= 0.3 is 5.97 Å². The maximum absolute atomic E-state index is 12.0. The van der Waals surface area contributed by atoms with E-state index in [1.54, 1.807) is 0 Å². The Morgan fingerprint density at radius 2 is 2.29 bits per heavy atom. The Bertz CT molecular complexity index is 390. The van der Waals surface area contributed by atoms with Crippen LogP contribution < -0.4 is 5.32 Å². The molecule has 17 heavy (non-hydrogen) atoms. The Hall–Kier alpha value is -1.51. The molecule has 0 aromatic heterocycles. The Kier molecular flexibility index (Phi) is 4.02. The number of fused-ring (bicyclic) bond motifs is 1. The van der Waals surface area contributed by atoms with Gasteiger partial charge in [0.1, 0.15) is 0 Å². The van der Waals surface area contributed by atoms with E-state index in [0.29, 0.717) is 6.61 Å². The Balaban J connectivity index is 2.05. The molecule has 0 saturated carbocycles. The van der Waals surface area contributed by atoms with Crippen LogP contribution in [0.1, 0.15) is 37.7 Å². The zero-order valence-electron chi connectivity index (χ0n) is 10.2. The zero-order chi connectivity index (χ0) is 12.1. The topological polar surface area (TPSA) is 38.3 Å². The highest BCUT2D eigenvalue weighted by Crippen LogP contribution is 2.32. The predicted octanol–water partition coefficient (Wildman–Crippen LogP) is 2.93. The number of carbonyl (C=O) groups excluding carboxylic acids is 1. The van der Waals surface area contributed by atoms with E-state index in [9.17, 15) is 4.79 Å². The van der Waals surface area contributed by atoms with Crippen molar-refractivity contribution in [3.05, 3.63) is 29.8 Å². The number of carbonyl (C=O) groups is 1. The van der Waals surface area contributed by atoms with E-state index in [1.165, 1.54) is 0 Å². The van der Waals surface area contributed by atoms with Gasteiger partial charge in [0, 0.05) is 12.2 Å². The Morgan fingerprint density at radius 3 is 3.12 bits per heavy atom. The molecule has 1 aromatic rings. The summed E-state index contributed by atoms with van der Waals surface area (Å²) in [6, 6.07) is 7.98. The summed E-state index contributed by atoms with van der Waals surface area (Å²) in [7, 11) is 0. The van der Waals surface area contributed by atoms with Crippen molar-refractivity contribution in [2.45, 2.75) is 32.1 Å². The molecule has 0 bridgehead atoms. The van der Waals surface area contributed by atoms with Crippen LogP contribution in [0.2, 0.25) is 0 Å². The monoisotopic (exact) mass is 233 g/mol. The third-order valence-corrected chi connectivity index (χ3v) is 3.11. The molecule has 92 valence electrons. The average Bonchev–Trinajstić information content (AvgIpc) is 2.38. The number of nitrogens with one attached hydrogen (secondary N) is 1. The molecule has 0 amide bonds. The first kappa shape index (κ1) is 12.0. The van der Waals surface area contributed by atoms with Crippen LogP contribution in [-0.4, -0.2) is 19.1 Å². The largest absolute Gasteiger partial charge is 0.465 e. The normalized spacial score (nSPS) is 18.1. The van der Waals surface area contributed by atoms with Gasteiger partial charge in [-0.15, -0.1) is 0 Å². The van der Waals surface area contributed by atoms with Crippen molar-refractivity contribution in [2.75, 3.05) is 18.5 Å². The lowest BCUT2D eigenvalue weighted by atomic mass is 9.91. The van der Waals surface area contributed by atoms with E-state index in [2.05, 4.69) is 12.2 Å². The lowest BCUT2D eigenvalue weighted by molar-refractivity contribution is -0.145. The molecule has 0 spiro atoms. The van der Waals surface area contributed by atoms with E-state index in [0.717, 1.165) is 37.1 Å². The highest BCUT2D eigenvalue weighted by molar-refractivity contribution is 5.81. The maximum atomic E-state index is 12.0. The van der Waals surface area contributed by atoms with Gasteiger partial charge in [-0.25, -0.2) is 0 Å². The van der Waals surface area contributed by atoms with Gasteiger partial charge in [-0.1, -0.05) is 31.5 Å². The van der Waals surface area contributed by atoms with Crippen LogP contribution in [0, 0.1) is 0 Å². The van der Waals surface area contributed by atoms with Crippen molar-refractivity contribution >= 4 is 11.7 Å². The molecule has 0 fully saturated rings. The molecule has 1 unspecified atom stereocenters. The van der Waals surface area contributed by atoms with Gasteiger partial charge in [-0.05, 0) is 24.5 Å². The van der Waals surface area contributed by atoms with Gasteiger partial charge in [0.25, 0.3) is 0 Å². The number of esters is 1. The van der Waals surface area contributed by atoms with Crippen LogP contribution in [-0.2, 0) is 9.53 Å². The quantitative estimate of drug-likeness (QED) is 0.642. The summed E-state index contributed by atoms with van der Waals surface area (Å²) in [5, 5.41) is 3.31. The third-order valence-electron chi connectivity index (χ3n) is 3.11. The summed E-state index contributed by atoms with van der Waals surface area (Å²) in [5.41, 5.74) is 2.14. The van der Waals surface area contributed by atoms with Crippen LogP contribution in [0.25, 0.3) is 0 Å². The van der Waals surface area contributed by atoms with Crippen LogP contribution in [0.4, 0.5) is 5.69 Å². The highest BCUT2D eigenvalue weighted by atomic mass is 16.5. The molecule has 3 heteroatoms. The number of unbranched alkanes of at least 4 members (excludes halogenated alkanes) is 1. The second-order valence-corrected chi connectivity index (χ2v) is 4.38. The van der Waals surface area contributed by atoms with Crippen LogP contribution >= 0.6 is 0 Å². The first-order valence-corrected chi connectivity index (χ1v) is 6.32. The van der Waals surface area contributed by atoms with Gasteiger partial charge in [-0.3, -0.25) is 4.79 Å². The number of hydrogen-bond donors (Lipinski definition) is 1. The van der Waals surface area contributed by atoms with E-state index in [4.69, 9.17) is 4.74 Å². The zero-order valence-corrected chi connectivity index (χ0v) is 10.2. The average molecular weight is 233 g/mol. The van der Waals surface area contributed by atoms with Crippen molar-refractivity contribution in [1.29, 1.82) is 0 Å². The maximum Gasteiger partial charge on any atom is 0.313 e. The molecule has 1 atom stereocenters. The number of para-hydroxylation sites is 1. The minimum Gasteiger partial charge on any atom is -0.465 e. The fourth-order valence-corrected chi connectivity index (χ4v) is 2.13. The summed E-state index contributed by atoms with van der Waals surface area (Å²) < 4.78 is 5.31. The van der Waals surface area contributed by atoms with Crippen LogP contribution in [0.15, 0.2) is 24.3 Å². The lowest BCUT2D eigenvalue weighted by Crippen LogP contribution is -2.24. The van der Waals surface area contributed by atoms with Crippen LogP contribution in [0.5, 0.6) is 0 Å². The Labute approximate surface area is 102 Å². The molecule has 1 N–H and O–H groups in total. The second kappa shape index (κ2) is 5.71. The smallest absolute Gasteiger partial charge is 0.313 e. The van der Waals surface area contributed by atoms with Gasteiger partial charge in [0.05, 0.1) is 12.5 Å². The lowest BCUT2D eigenvalue weighted by Gasteiger charge is -2.25. The molecule has 1 heterocycles. The van der Waals surface area contributed by atoms with Crippen molar-refractivity contribution in [1.82, 2.24) is 0 Å². The van der Waals surface area contributed by atoms with Gasteiger partial charge < -0.3 is 10.1 Å². The molecular formula is C14H19NO2. The first-order valence-electron chi connectivity index (χ1n) is 6.32. The van der Waals surface area contributed by atoms with Crippen molar-refractivity contribution in [3.63, 3.8) is 0 Å². The number of hydrogen-bond acceptors (Lipinski definition) is 3. The molecule has 0 aliphatic carbocycles. The fraction of sp³-hybridized carbons (Fsp3) is 0.500. The molecular weight excluding hydrogens is 214 g/mol. The van der Waals surface area contributed by atoms with Crippen LogP contribution in [0.3, 0.4) is 0 Å². The summed E-state index contributed by atoms with van der Waals surface area (Å²) in [4.78, 5) is 12.0. The number of benzene rings is 1. The van der Waals surface area contributed by atoms with Gasteiger partial charge in [0.15, 0.2) is 0 Å². The molecule has 2 rings (SSSR count). The molecule has 0 radical (unpaired) electrons. The highest BCUT2D eigenvalue weighted by Gasteiger charge is 2.27. The van der Waals surface area contributed by atoms with Crippen molar-refractivity contribution < 1.29 is 9.53 Å². The van der Waals surface area contributed by atoms with E-state index >= 15 is 0 Å². The molecule has 1 aliphatic rings. The molecule has 3 nitrogen and oxygen atoms in total. The SMILES string of the molecule is CCCCOC(=O)C1CCNc2ccccc21. The molecule has 1 aliphatic heterocycles. The predicted molar refractivity (Wildman–Crippen MR) is 68.2 cm³/mol. The second-order valence-electron chi connectivity index (χ2n) is 4.38. The summed E-state index contributed by atoms with van der Waals surface area (Å²) in [6.07, 6.45) is 2.82. The summed E-state index contributed by atoms with van der Waals surface area (Å²) >= 11 is 0. The minimum absolute atomic E-state index is 0.0765. The first-order chi connectivity index (χ1) is 8.33. The standard InChI is InChI=1S/C14H19NO2/c1-2-3-10-17-14(16)12-8-9-15-13-7-5-4-6-11(12)13/h4-7,12,15H,2-3,8-10H2,1H3. The summed E-state index contributed by atoms with van der Waals surface area (Å²) in [6.45, 7) is 3.47. The summed E-state index contributed by atoms with van der Waals surface area (Å²) in [5.74, 6) is -0.170. The third kappa shape index (κ3) is 2.78. The van der Waals surface area contributed by atoms with Crippen molar-refractivity contribution in [3.8, 4) is 0 Å². The fourth-order valence-electron chi connectivity index (χ4n) is 2.13. The van der Waals surface area contributed by atoms with Gasteiger partial charge in [0.2, 0.25) is 0 Å². The number of rotatable bonds is 4. The van der Waals surface area contributed by atoms with E-state index < -0.39 is 0 Å². The minimum atomic E-state index is -0.0932. The van der Waals surface area contributed by atoms with E-state index in [1.807, 2.05) is 24.3 Å². The Morgan fingerprint density at radius 1 is 1.47 bits per heavy atom. The van der Waals surface area contributed by atoms with Gasteiger partial charge in [-0.2, -0.15) is 0 Å².